The van der Waals surface area contributed by atoms with Gasteiger partial charge in [0.1, 0.15) is 16.9 Å². The van der Waals surface area contributed by atoms with E-state index in [0.717, 1.165) is 41.9 Å². The van der Waals surface area contributed by atoms with Crippen molar-refractivity contribution in [2.45, 2.75) is 25.8 Å². The number of aromatic amines is 2. The van der Waals surface area contributed by atoms with Crippen LogP contribution in [0.2, 0.25) is 0 Å². The van der Waals surface area contributed by atoms with E-state index in [0.29, 0.717) is 33.8 Å². The first-order valence-corrected chi connectivity index (χ1v) is 12.8. The average Bonchev–Trinajstić information content (AvgIpc) is 3.57. The molecule has 0 atom stereocenters. The Labute approximate surface area is 218 Å². The highest BCUT2D eigenvalue weighted by Crippen LogP contribution is 2.31. The average molecular weight is 505 g/mol. The molecule has 0 amide bonds. The number of hydrogen-bond donors (Lipinski definition) is 2. The molecule has 0 bridgehead atoms. The molecular formula is C29H25FN8. The first kappa shape index (κ1) is 22.7. The Bertz CT molecular complexity index is 1770. The van der Waals surface area contributed by atoms with E-state index in [1.54, 1.807) is 12.3 Å². The fraction of sp³-hybridized carbons (Fsp3) is 0.207. The van der Waals surface area contributed by atoms with Gasteiger partial charge in [0.2, 0.25) is 0 Å². The van der Waals surface area contributed by atoms with Crippen LogP contribution < -0.4 is 0 Å². The second-order valence-electron chi connectivity index (χ2n) is 9.74. The van der Waals surface area contributed by atoms with Gasteiger partial charge in [-0.2, -0.15) is 5.10 Å². The van der Waals surface area contributed by atoms with Gasteiger partial charge in [0.05, 0.1) is 22.4 Å². The summed E-state index contributed by atoms with van der Waals surface area (Å²) < 4.78 is 13.9. The van der Waals surface area contributed by atoms with E-state index in [9.17, 15) is 4.39 Å². The van der Waals surface area contributed by atoms with Crippen molar-refractivity contribution in [2.75, 3.05) is 13.1 Å². The Morgan fingerprint density at radius 3 is 2.63 bits per heavy atom. The summed E-state index contributed by atoms with van der Waals surface area (Å²) >= 11 is 0. The third-order valence-electron chi connectivity index (χ3n) is 7.08. The van der Waals surface area contributed by atoms with Crippen molar-refractivity contribution in [3.05, 3.63) is 78.5 Å². The summed E-state index contributed by atoms with van der Waals surface area (Å²) in [6.07, 6.45) is 9.32. The molecule has 2 N–H and O–H groups in total. The molecule has 1 fully saturated rings. The maximum Gasteiger partial charge on any atom is 0.161 e. The van der Waals surface area contributed by atoms with Crippen LogP contribution in [0.15, 0.2) is 67.1 Å². The number of H-pyrrole nitrogens is 2. The molecule has 9 heteroatoms. The van der Waals surface area contributed by atoms with Crippen LogP contribution in [-0.4, -0.2) is 53.1 Å². The van der Waals surface area contributed by atoms with Crippen molar-refractivity contribution >= 4 is 22.1 Å². The monoisotopic (exact) mass is 504 g/mol. The van der Waals surface area contributed by atoms with Crippen LogP contribution in [0.5, 0.6) is 0 Å². The van der Waals surface area contributed by atoms with E-state index in [1.807, 2.05) is 36.7 Å². The lowest BCUT2D eigenvalue weighted by Gasteiger charge is -2.26. The molecule has 6 aromatic rings. The van der Waals surface area contributed by atoms with Crippen molar-refractivity contribution < 1.29 is 4.39 Å². The molecule has 0 aliphatic carbocycles. The summed E-state index contributed by atoms with van der Waals surface area (Å²) in [6, 6.07) is 14.4. The van der Waals surface area contributed by atoms with Crippen molar-refractivity contribution in [1.29, 1.82) is 0 Å². The second kappa shape index (κ2) is 9.42. The lowest BCUT2D eigenvalue weighted by atomic mass is 10.1. The molecule has 1 aliphatic heterocycles. The molecule has 0 spiro atoms. The summed E-state index contributed by atoms with van der Waals surface area (Å²) in [5.74, 6) is 0.250. The van der Waals surface area contributed by atoms with Crippen LogP contribution in [0.1, 0.15) is 24.8 Å². The van der Waals surface area contributed by atoms with Gasteiger partial charge in [-0.15, -0.1) is 0 Å². The molecule has 0 saturated carbocycles. The highest BCUT2D eigenvalue weighted by atomic mass is 19.1. The predicted octanol–water partition coefficient (Wildman–Crippen LogP) is 5.75. The molecule has 8 nitrogen and oxygen atoms in total. The van der Waals surface area contributed by atoms with E-state index in [4.69, 9.17) is 9.97 Å². The number of piperidine rings is 1. The number of halogens is 1. The van der Waals surface area contributed by atoms with Crippen LogP contribution in [0.25, 0.3) is 56.1 Å². The quantitative estimate of drug-likeness (QED) is 0.310. The maximum absolute atomic E-state index is 13.9. The lowest BCUT2D eigenvalue weighted by Crippen LogP contribution is -2.29. The highest BCUT2D eigenvalue weighted by Gasteiger charge is 2.18. The summed E-state index contributed by atoms with van der Waals surface area (Å²) in [5.41, 5.74) is 7.82. The molecule has 1 saturated heterocycles. The zero-order chi connectivity index (χ0) is 25.5. The third-order valence-corrected chi connectivity index (χ3v) is 7.08. The van der Waals surface area contributed by atoms with Crippen molar-refractivity contribution in [3.8, 4) is 34.0 Å². The zero-order valence-corrected chi connectivity index (χ0v) is 20.7. The smallest absolute Gasteiger partial charge is 0.161 e. The molecular weight excluding hydrogens is 479 g/mol. The Morgan fingerprint density at radius 1 is 0.842 bits per heavy atom. The van der Waals surface area contributed by atoms with E-state index < -0.39 is 0 Å². The van der Waals surface area contributed by atoms with Gasteiger partial charge < -0.3 is 4.98 Å². The summed E-state index contributed by atoms with van der Waals surface area (Å²) in [7, 11) is 0. The highest BCUT2D eigenvalue weighted by molar-refractivity contribution is 5.95. The van der Waals surface area contributed by atoms with Crippen LogP contribution >= 0.6 is 0 Å². The Balaban J connectivity index is 1.26. The molecule has 38 heavy (non-hydrogen) atoms. The summed E-state index contributed by atoms with van der Waals surface area (Å²) in [6.45, 7) is 3.18. The molecule has 1 aliphatic rings. The number of hydrogen-bond acceptors (Lipinski definition) is 6. The van der Waals surface area contributed by atoms with Crippen molar-refractivity contribution in [1.82, 2.24) is 40.0 Å². The fourth-order valence-corrected chi connectivity index (χ4v) is 5.21. The number of nitrogens with one attached hydrogen (secondary N) is 2. The zero-order valence-electron chi connectivity index (χ0n) is 20.7. The second-order valence-corrected chi connectivity index (χ2v) is 9.74. The van der Waals surface area contributed by atoms with E-state index in [1.165, 1.54) is 37.0 Å². The Hall–Kier alpha value is -4.50. The first-order chi connectivity index (χ1) is 18.7. The minimum atomic E-state index is -0.318. The number of fused-ring (bicyclic) bond motifs is 2. The number of aromatic nitrogens is 7. The topological polar surface area (TPSA) is 99.3 Å². The standard InChI is InChI=1S/C29H25FN8/c30-21-6-4-5-19(14-21)25-26-23(9-10-32-25)34-29(35-26)28-27-24(36-37-28)8-7-22(33-27)20-13-18(15-31-16-20)17-38-11-2-1-3-12-38/h4-10,13-16H,1-3,11-12,17H2,(H,34,35)(H,36,37). The largest absolute Gasteiger partial charge is 0.336 e. The van der Waals surface area contributed by atoms with Gasteiger partial charge in [-0.05, 0) is 67.9 Å². The first-order valence-electron chi connectivity index (χ1n) is 12.8. The third kappa shape index (κ3) is 4.20. The van der Waals surface area contributed by atoms with E-state index in [-0.39, 0.29) is 5.82 Å². The van der Waals surface area contributed by atoms with Crippen molar-refractivity contribution in [3.63, 3.8) is 0 Å². The van der Waals surface area contributed by atoms with Crippen LogP contribution in [0, 0.1) is 5.82 Å². The van der Waals surface area contributed by atoms with Crippen molar-refractivity contribution in [2.24, 2.45) is 0 Å². The lowest BCUT2D eigenvalue weighted by molar-refractivity contribution is 0.220. The summed E-state index contributed by atoms with van der Waals surface area (Å²) in [5, 5.41) is 7.59. The maximum atomic E-state index is 13.9. The van der Waals surface area contributed by atoms with E-state index >= 15 is 0 Å². The van der Waals surface area contributed by atoms with Crippen LogP contribution in [0.3, 0.4) is 0 Å². The fourth-order valence-electron chi connectivity index (χ4n) is 5.21. The van der Waals surface area contributed by atoms with E-state index in [2.05, 4.69) is 36.1 Å². The number of rotatable bonds is 5. The van der Waals surface area contributed by atoms with Crippen LogP contribution in [-0.2, 0) is 6.54 Å². The number of likely N-dealkylation sites (tertiary alicyclic amines) is 1. The molecule has 0 unspecified atom stereocenters. The molecule has 188 valence electrons. The van der Waals surface area contributed by atoms with Gasteiger partial charge in [0, 0.05) is 36.3 Å². The van der Waals surface area contributed by atoms with Gasteiger partial charge in [-0.1, -0.05) is 18.6 Å². The molecule has 6 heterocycles. The normalized spacial score (nSPS) is 14.4. The number of imidazole rings is 1. The summed E-state index contributed by atoms with van der Waals surface area (Å²) in [4.78, 5) is 24.6. The van der Waals surface area contributed by atoms with Crippen LogP contribution in [0.4, 0.5) is 4.39 Å². The Kier molecular flexibility index (Phi) is 5.62. The molecule has 7 rings (SSSR count). The van der Waals surface area contributed by atoms with Gasteiger partial charge in [-0.3, -0.25) is 20.0 Å². The number of pyridine rings is 3. The predicted molar refractivity (Wildman–Crippen MR) is 145 cm³/mol. The minimum absolute atomic E-state index is 0.318. The SMILES string of the molecule is Fc1cccc(-c2nccc3[nH]c(-c4n[nH]c5ccc(-c6cncc(CN7CCCCC7)c6)nc45)nc23)c1. The number of benzene rings is 1. The van der Waals surface area contributed by atoms with Gasteiger partial charge in [-0.25, -0.2) is 14.4 Å². The molecule has 5 aromatic heterocycles. The molecule has 0 radical (unpaired) electrons. The number of nitrogens with zero attached hydrogens (tertiary/aromatic N) is 6. The van der Waals surface area contributed by atoms with Gasteiger partial charge in [0.15, 0.2) is 11.5 Å². The minimum Gasteiger partial charge on any atom is -0.336 e. The van der Waals surface area contributed by atoms with Gasteiger partial charge >= 0.3 is 0 Å². The van der Waals surface area contributed by atoms with Gasteiger partial charge in [0.25, 0.3) is 0 Å². The molecule has 1 aromatic carbocycles. The Morgan fingerprint density at radius 2 is 1.74 bits per heavy atom.